The van der Waals surface area contributed by atoms with Crippen LogP contribution in [-0.4, -0.2) is 29.5 Å². The summed E-state index contributed by atoms with van der Waals surface area (Å²) in [5.41, 5.74) is 3.29. The Hall–Kier alpha value is -3.41. The molecule has 0 fully saturated rings. The predicted molar refractivity (Wildman–Crippen MR) is 114 cm³/mol. The molecule has 150 valence electrons. The second-order valence-electron chi connectivity index (χ2n) is 6.85. The molecule has 2 aromatic carbocycles. The molecule has 3 rings (SSSR count). The number of aryl methyl sites for hydroxylation is 1. The second-order valence-corrected chi connectivity index (χ2v) is 6.85. The van der Waals surface area contributed by atoms with Gasteiger partial charge >= 0.3 is 0 Å². The fourth-order valence-electron chi connectivity index (χ4n) is 3.01. The summed E-state index contributed by atoms with van der Waals surface area (Å²) in [5.74, 6) is 1.06. The van der Waals surface area contributed by atoms with E-state index >= 15 is 0 Å². The first-order chi connectivity index (χ1) is 14.0. The lowest BCUT2D eigenvalue weighted by Gasteiger charge is -2.14. The van der Waals surface area contributed by atoms with Gasteiger partial charge in [0.25, 0.3) is 5.91 Å². The Labute approximate surface area is 171 Å². The normalized spacial score (nSPS) is 11.6. The number of benzene rings is 2. The van der Waals surface area contributed by atoms with E-state index in [9.17, 15) is 4.79 Å². The molecule has 0 bridgehead atoms. The monoisotopic (exact) mass is 390 g/mol. The number of hydrogen-bond acceptors (Lipinski definition) is 5. The molecule has 0 radical (unpaired) electrons. The Balaban J connectivity index is 1.62. The number of rotatable bonds is 8. The molecule has 1 unspecified atom stereocenters. The van der Waals surface area contributed by atoms with Crippen molar-refractivity contribution in [3.05, 3.63) is 83.2 Å². The number of carbonyl (C=O) groups is 1. The van der Waals surface area contributed by atoms with Crippen LogP contribution in [0.2, 0.25) is 0 Å². The molecule has 0 aliphatic rings. The van der Waals surface area contributed by atoms with E-state index in [1.165, 1.54) is 0 Å². The van der Waals surface area contributed by atoms with E-state index in [1.54, 1.807) is 13.2 Å². The smallest absolute Gasteiger partial charge is 0.270 e. The van der Waals surface area contributed by atoms with Gasteiger partial charge in [0.1, 0.15) is 11.4 Å². The van der Waals surface area contributed by atoms with Gasteiger partial charge in [0.05, 0.1) is 13.2 Å². The maximum Gasteiger partial charge on any atom is 0.270 e. The van der Waals surface area contributed by atoms with Crippen molar-refractivity contribution in [3.8, 4) is 5.75 Å². The van der Waals surface area contributed by atoms with Crippen LogP contribution in [0, 0.1) is 6.92 Å². The van der Waals surface area contributed by atoms with Crippen molar-refractivity contribution in [3.63, 3.8) is 0 Å². The molecule has 1 atom stereocenters. The summed E-state index contributed by atoms with van der Waals surface area (Å²) in [5, 5.41) is 6.20. The van der Waals surface area contributed by atoms with Gasteiger partial charge in [0.2, 0.25) is 5.95 Å². The maximum atomic E-state index is 12.7. The first kappa shape index (κ1) is 20.3. The lowest BCUT2D eigenvalue weighted by molar-refractivity contribution is 0.0934. The van der Waals surface area contributed by atoms with E-state index in [4.69, 9.17) is 4.74 Å². The highest BCUT2D eigenvalue weighted by Crippen LogP contribution is 2.14. The molecule has 0 spiro atoms. The van der Waals surface area contributed by atoms with E-state index < -0.39 is 0 Å². The van der Waals surface area contributed by atoms with Gasteiger partial charge in [0.15, 0.2) is 0 Å². The third-order valence-electron chi connectivity index (χ3n) is 4.56. The zero-order valence-electron chi connectivity index (χ0n) is 17.0. The SMILES string of the molecule is COc1cccc(CCNc2nc(C)cc(C(=O)NC(C)c3ccccc3)n2)c1. The van der Waals surface area contributed by atoms with E-state index in [2.05, 4.69) is 20.6 Å². The summed E-state index contributed by atoms with van der Waals surface area (Å²) < 4.78 is 5.25. The molecule has 0 aliphatic carbocycles. The zero-order chi connectivity index (χ0) is 20.6. The van der Waals surface area contributed by atoms with E-state index in [0.29, 0.717) is 18.2 Å². The molecular weight excluding hydrogens is 364 g/mol. The van der Waals surface area contributed by atoms with Crippen molar-refractivity contribution in [2.75, 3.05) is 19.0 Å². The van der Waals surface area contributed by atoms with Crippen LogP contribution in [0.1, 0.15) is 40.3 Å². The summed E-state index contributed by atoms with van der Waals surface area (Å²) in [4.78, 5) is 21.4. The van der Waals surface area contributed by atoms with Gasteiger partial charge in [-0.15, -0.1) is 0 Å². The van der Waals surface area contributed by atoms with Gasteiger partial charge in [-0.25, -0.2) is 9.97 Å². The molecule has 3 aromatic rings. The highest BCUT2D eigenvalue weighted by atomic mass is 16.5. The molecule has 1 heterocycles. The van der Waals surface area contributed by atoms with Crippen LogP contribution in [0.15, 0.2) is 60.7 Å². The number of aromatic nitrogens is 2. The second kappa shape index (κ2) is 9.68. The molecule has 1 amide bonds. The van der Waals surface area contributed by atoms with Crippen LogP contribution >= 0.6 is 0 Å². The third-order valence-corrected chi connectivity index (χ3v) is 4.56. The lowest BCUT2D eigenvalue weighted by Crippen LogP contribution is -2.28. The Morgan fingerprint density at radius 2 is 1.86 bits per heavy atom. The summed E-state index contributed by atoms with van der Waals surface area (Å²) in [7, 11) is 1.66. The molecule has 0 aliphatic heterocycles. The van der Waals surface area contributed by atoms with Gasteiger partial charge in [-0.05, 0) is 49.6 Å². The largest absolute Gasteiger partial charge is 0.497 e. The molecule has 6 nitrogen and oxygen atoms in total. The minimum absolute atomic E-state index is 0.108. The molecule has 2 N–H and O–H groups in total. The van der Waals surface area contributed by atoms with Gasteiger partial charge in [-0.1, -0.05) is 42.5 Å². The van der Waals surface area contributed by atoms with E-state index in [0.717, 1.165) is 29.0 Å². The van der Waals surface area contributed by atoms with Crippen LogP contribution in [0.3, 0.4) is 0 Å². The van der Waals surface area contributed by atoms with Crippen LogP contribution in [0.25, 0.3) is 0 Å². The van der Waals surface area contributed by atoms with Crippen LogP contribution in [0.5, 0.6) is 5.75 Å². The Kier molecular flexibility index (Phi) is 6.79. The van der Waals surface area contributed by atoms with Crippen LogP contribution in [-0.2, 0) is 6.42 Å². The minimum atomic E-state index is -0.220. The predicted octanol–water partition coefficient (Wildman–Crippen LogP) is 3.94. The Bertz CT molecular complexity index is 960. The quantitative estimate of drug-likeness (QED) is 0.609. The van der Waals surface area contributed by atoms with Crippen molar-refractivity contribution < 1.29 is 9.53 Å². The van der Waals surface area contributed by atoms with E-state index in [1.807, 2.05) is 68.4 Å². The van der Waals surface area contributed by atoms with Gasteiger partial charge in [-0.2, -0.15) is 0 Å². The zero-order valence-corrected chi connectivity index (χ0v) is 17.0. The van der Waals surface area contributed by atoms with Gasteiger partial charge < -0.3 is 15.4 Å². The van der Waals surface area contributed by atoms with Crippen molar-refractivity contribution in [1.29, 1.82) is 0 Å². The maximum absolute atomic E-state index is 12.7. The number of hydrogen-bond donors (Lipinski definition) is 2. The minimum Gasteiger partial charge on any atom is -0.497 e. The standard InChI is InChI=1S/C23H26N4O2/c1-16-14-21(22(28)26-17(2)19-9-5-4-6-10-19)27-23(25-16)24-13-12-18-8-7-11-20(15-18)29-3/h4-11,14-15,17H,12-13H2,1-3H3,(H,26,28)(H,24,25,27). The first-order valence-electron chi connectivity index (χ1n) is 9.63. The summed E-state index contributed by atoms with van der Waals surface area (Å²) in [6, 6.07) is 19.4. The number of nitrogens with one attached hydrogen (secondary N) is 2. The molecule has 29 heavy (non-hydrogen) atoms. The summed E-state index contributed by atoms with van der Waals surface area (Å²) >= 11 is 0. The first-order valence-corrected chi connectivity index (χ1v) is 9.63. The number of ether oxygens (including phenoxy) is 1. The van der Waals surface area contributed by atoms with Crippen molar-refractivity contribution in [2.24, 2.45) is 0 Å². The van der Waals surface area contributed by atoms with Gasteiger partial charge in [-0.3, -0.25) is 4.79 Å². The Morgan fingerprint density at radius 1 is 1.07 bits per heavy atom. The third kappa shape index (κ3) is 5.78. The number of methoxy groups -OCH3 is 1. The highest BCUT2D eigenvalue weighted by molar-refractivity contribution is 5.92. The molecule has 0 saturated carbocycles. The van der Waals surface area contributed by atoms with Crippen molar-refractivity contribution in [1.82, 2.24) is 15.3 Å². The topological polar surface area (TPSA) is 76.1 Å². The lowest BCUT2D eigenvalue weighted by atomic mass is 10.1. The fourth-order valence-corrected chi connectivity index (χ4v) is 3.01. The number of anilines is 1. The molecule has 6 heteroatoms. The number of nitrogens with zero attached hydrogens (tertiary/aromatic N) is 2. The van der Waals surface area contributed by atoms with Gasteiger partial charge in [0, 0.05) is 12.2 Å². The van der Waals surface area contributed by atoms with Crippen LogP contribution in [0.4, 0.5) is 5.95 Å². The average molecular weight is 390 g/mol. The Morgan fingerprint density at radius 3 is 2.62 bits per heavy atom. The molecule has 1 aromatic heterocycles. The molecule has 0 saturated heterocycles. The molecular formula is C23H26N4O2. The average Bonchev–Trinajstić information content (AvgIpc) is 2.74. The van der Waals surface area contributed by atoms with Crippen molar-refractivity contribution in [2.45, 2.75) is 26.3 Å². The highest BCUT2D eigenvalue weighted by Gasteiger charge is 2.14. The fraction of sp³-hybridized carbons (Fsp3) is 0.261. The van der Waals surface area contributed by atoms with Crippen molar-refractivity contribution >= 4 is 11.9 Å². The summed E-state index contributed by atoms with van der Waals surface area (Å²) in [6.07, 6.45) is 0.793. The summed E-state index contributed by atoms with van der Waals surface area (Å²) in [6.45, 7) is 4.46. The number of amides is 1. The van der Waals surface area contributed by atoms with E-state index in [-0.39, 0.29) is 11.9 Å². The van der Waals surface area contributed by atoms with Crippen LogP contribution < -0.4 is 15.4 Å². The number of carbonyl (C=O) groups excluding carboxylic acids is 1.